The molecule has 1 aliphatic heterocycles. The number of aliphatic hydroxyl groups excluding tert-OH is 1. The molecule has 0 aromatic carbocycles. The zero-order valence-electron chi connectivity index (χ0n) is 8.59. The molecule has 1 saturated heterocycles. The first-order valence-electron chi connectivity index (χ1n) is 5.41. The molecular formula is C10H20N2O2. The zero-order valence-corrected chi connectivity index (χ0v) is 8.59. The Kier molecular flexibility index (Phi) is 5.56. The van der Waals surface area contributed by atoms with Gasteiger partial charge in [0.25, 0.3) is 0 Å². The van der Waals surface area contributed by atoms with Crippen LogP contribution in [0.3, 0.4) is 0 Å². The van der Waals surface area contributed by atoms with Gasteiger partial charge in [0.15, 0.2) is 0 Å². The van der Waals surface area contributed by atoms with Crippen LogP contribution in [-0.2, 0) is 4.79 Å². The lowest BCUT2D eigenvalue weighted by atomic mass is 10.0. The van der Waals surface area contributed by atoms with E-state index in [4.69, 9.17) is 5.11 Å². The van der Waals surface area contributed by atoms with E-state index >= 15 is 0 Å². The highest BCUT2D eigenvalue weighted by atomic mass is 16.3. The smallest absolute Gasteiger partial charge is 0.220 e. The molecule has 1 rings (SSSR count). The number of nitrogens with one attached hydrogen (secondary N) is 2. The molecule has 1 unspecified atom stereocenters. The van der Waals surface area contributed by atoms with Crippen LogP contribution in [0.15, 0.2) is 0 Å². The highest BCUT2D eigenvalue weighted by molar-refractivity contribution is 5.75. The molecule has 1 aliphatic rings. The van der Waals surface area contributed by atoms with Crippen molar-refractivity contribution in [3.63, 3.8) is 0 Å². The monoisotopic (exact) mass is 200 g/mol. The average molecular weight is 200 g/mol. The molecule has 0 aromatic rings. The van der Waals surface area contributed by atoms with E-state index in [-0.39, 0.29) is 12.5 Å². The third-order valence-corrected chi connectivity index (χ3v) is 2.60. The molecule has 0 spiro atoms. The topological polar surface area (TPSA) is 61.4 Å². The van der Waals surface area contributed by atoms with Crippen molar-refractivity contribution in [1.29, 1.82) is 0 Å². The summed E-state index contributed by atoms with van der Waals surface area (Å²) in [6, 6.07) is 0. The Hall–Kier alpha value is -0.610. The maximum atomic E-state index is 11.3. The summed E-state index contributed by atoms with van der Waals surface area (Å²) < 4.78 is 0. The van der Waals surface area contributed by atoms with E-state index in [0.717, 1.165) is 19.5 Å². The number of hydrogen-bond acceptors (Lipinski definition) is 3. The first-order chi connectivity index (χ1) is 6.83. The van der Waals surface area contributed by atoms with Crippen LogP contribution in [0.2, 0.25) is 0 Å². The summed E-state index contributed by atoms with van der Waals surface area (Å²) in [7, 11) is 0. The predicted octanol–water partition coefficient (Wildman–Crippen LogP) is -0.125. The van der Waals surface area contributed by atoms with Crippen LogP contribution in [0.1, 0.15) is 25.7 Å². The summed E-state index contributed by atoms with van der Waals surface area (Å²) in [5.41, 5.74) is 0. The van der Waals surface area contributed by atoms with Crippen molar-refractivity contribution in [2.45, 2.75) is 25.7 Å². The lowest BCUT2D eigenvalue weighted by molar-refractivity contribution is -0.121. The van der Waals surface area contributed by atoms with Crippen LogP contribution in [-0.4, -0.2) is 37.3 Å². The molecule has 0 saturated carbocycles. The number of amides is 1. The highest BCUT2D eigenvalue weighted by Crippen LogP contribution is 2.13. The van der Waals surface area contributed by atoms with Gasteiger partial charge in [-0.3, -0.25) is 4.79 Å². The van der Waals surface area contributed by atoms with Crippen LogP contribution in [0.4, 0.5) is 0 Å². The molecule has 0 aromatic heterocycles. The number of hydrogen-bond donors (Lipinski definition) is 3. The van der Waals surface area contributed by atoms with Gasteiger partial charge < -0.3 is 15.7 Å². The van der Waals surface area contributed by atoms with Crippen LogP contribution in [0.5, 0.6) is 0 Å². The molecule has 1 fully saturated rings. The van der Waals surface area contributed by atoms with Crippen LogP contribution >= 0.6 is 0 Å². The highest BCUT2D eigenvalue weighted by Gasteiger charge is 2.15. The van der Waals surface area contributed by atoms with Crippen LogP contribution in [0.25, 0.3) is 0 Å². The summed E-state index contributed by atoms with van der Waals surface area (Å²) >= 11 is 0. The third kappa shape index (κ3) is 4.58. The summed E-state index contributed by atoms with van der Waals surface area (Å²) in [5.74, 6) is 0.795. The van der Waals surface area contributed by atoms with E-state index in [9.17, 15) is 4.79 Å². The lowest BCUT2D eigenvalue weighted by Crippen LogP contribution is -2.25. The lowest BCUT2D eigenvalue weighted by Gasteiger charge is -2.07. The second-order valence-corrected chi connectivity index (χ2v) is 3.82. The van der Waals surface area contributed by atoms with Crippen molar-refractivity contribution in [2.75, 3.05) is 26.2 Å². The van der Waals surface area contributed by atoms with Gasteiger partial charge in [-0.1, -0.05) is 0 Å². The number of aliphatic hydroxyl groups is 1. The Labute approximate surface area is 85.1 Å². The van der Waals surface area contributed by atoms with Crippen molar-refractivity contribution in [2.24, 2.45) is 5.92 Å². The van der Waals surface area contributed by atoms with E-state index in [1.54, 1.807) is 0 Å². The van der Waals surface area contributed by atoms with Gasteiger partial charge in [0, 0.05) is 19.6 Å². The molecule has 3 N–H and O–H groups in total. The Balaban J connectivity index is 1.96. The first kappa shape index (κ1) is 11.5. The summed E-state index contributed by atoms with van der Waals surface area (Å²) in [6.07, 6.45) is 3.45. The molecule has 1 amide bonds. The van der Waals surface area contributed by atoms with E-state index in [1.807, 2.05) is 0 Å². The number of carbonyl (C=O) groups is 1. The second-order valence-electron chi connectivity index (χ2n) is 3.82. The molecule has 1 heterocycles. The minimum absolute atomic E-state index is 0.116. The fourth-order valence-corrected chi connectivity index (χ4v) is 1.69. The van der Waals surface area contributed by atoms with Gasteiger partial charge in [0.1, 0.15) is 0 Å². The molecule has 1 atom stereocenters. The zero-order chi connectivity index (χ0) is 10.2. The van der Waals surface area contributed by atoms with E-state index in [1.165, 1.54) is 6.42 Å². The van der Waals surface area contributed by atoms with Crippen molar-refractivity contribution in [3.05, 3.63) is 0 Å². The van der Waals surface area contributed by atoms with Crippen LogP contribution in [0, 0.1) is 5.92 Å². The third-order valence-electron chi connectivity index (χ3n) is 2.60. The molecule has 14 heavy (non-hydrogen) atoms. The molecule has 0 aliphatic carbocycles. The molecule has 0 bridgehead atoms. The minimum Gasteiger partial charge on any atom is -0.396 e. The second kappa shape index (κ2) is 6.79. The fourth-order valence-electron chi connectivity index (χ4n) is 1.69. The molecule has 4 nitrogen and oxygen atoms in total. The predicted molar refractivity (Wildman–Crippen MR) is 54.9 cm³/mol. The van der Waals surface area contributed by atoms with Gasteiger partial charge in [0.05, 0.1) is 0 Å². The summed E-state index contributed by atoms with van der Waals surface area (Å²) in [4.78, 5) is 11.3. The summed E-state index contributed by atoms with van der Waals surface area (Å²) in [5, 5.41) is 14.6. The number of rotatable bonds is 6. The SMILES string of the molecule is O=C(CCC1CCNC1)NCCCO. The van der Waals surface area contributed by atoms with Crippen molar-refractivity contribution in [3.8, 4) is 0 Å². The Bertz CT molecular complexity index is 168. The van der Waals surface area contributed by atoms with Crippen LogP contribution < -0.4 is 10.6 Å². The number of carbonyl (C=O) groups excluding carboxylic acids is 1. The van der Waals surface area contributed by atoms with Gasteiger partial charge in [-0.15, -0.1) is 0 Å². The van der Waals surface area contributed by atoms with E-state index < -0.39 is 0 Å². The van der Waals surface area contributed by atoms with E-state index in [2.05, 4.69) is 10.6 Å². The first-order valence-corrected chi connectivity index (χ1v) is 5.41. The van der Waals surface area contributed by atoms with Gasteiger partial charge in [-0.2, -0.15) is 0 Å². The maximum absolute atomic E-state index is 11.3. The quantitative estimate of drug-likeness (QED) is 0.524. The van der Waals surface area contributed by atoms with Gasteiger partial charge in [-0.25, -0.2) is 0 Å². The average Bonchev–Trinajstić information content (AvgIpc) is 2.68. The minimum atomic E-state index is 0.116. The fraction of sp³-hybridized carbons (Fsp3) is 0.900. The Morgan fingerprint density at radius 3 is 3.07 bits per heavy atom. The van der Waals surface area contributed by atoms with Crippen molar-refractivity contribution >= 4 is 5.91 Å². The maximum Gasteiger partial charge on any atom is 0.220 e. The molecule has 0 radical (unpaired) electrons. The van der Waals surface area contributed by atoms with E-state index in [0.29, 0.717) is 25.3 Å². The molecule has 82 valence electrons. The van der Waals surface area contributed by atoms with Crippen molar-refractivity contribution in [1.82, 2.24) is 10.6 Å². The standard InChI is InChI=1S/C10H20N2O2/c13-7-1-5-12-10(14)3-2-9-4-6-11-8-9/h9,11,13H,1-8H2,(H,12,14). The largest absolute Gasteiger partial charge is 0.396 e. The molecule has 4 heteroatoms. The van der Waals surface area contributed by atoms with Gasteiger partial charge in [-0.05, 0) is 38.3 Å². The van der Waals surface area contributed by atoms with Gasteiger partial charge >= 0.3 is 0 Å². The van der Waals surface area contributed by atoms with Crippen molar-refractivity contribution < 1.29 is 9.90 Å². The molecular weight excluding hydrogens is 180 g/mol. The Morgan fingerprint density at radius 2 is 2.43 bits per heavy atom. The summed E-state index contributed by atoms with van der Waals surface area (Å²) in [6.45, 7) is 2.89. The van der Waals surface area contributed by atoms with Gasteiger partial charge in [0.2, 0.25) is 5.91 Å². The Morgan fingerprint density at radius 1 is 1.57 bits per heavy atom. The normalized spacial score (nSPS) is 21.1.